The minimum Gasteiger partial charge on any atom is -0.379 e. The van der Waals surface area contributed by atoms with Crippen LogP contribution in [0.2, 0.25) is 0 Å². The van der Waals surface area contributed by atoms with E-state index < -0.39 is 0 Å². The van der Waals surface area contributed by atoms with Crippen molar-refractivity contribution in [1.29, 1.82) is 0 Å². The van der Waals surface area contributed by atoms with Crippen molar-refractivity contribution < 1.29 is 9.13 Å². The van der Waals surface area contributed by atoms with Gasteiger partial charge in [-0.25, -0.2) is 4.39 Å². The van der Waals surface area contributed by atoms with Crippen molar-refractivity contribution in [2.45, 2.75) is 13.0 Å². The highest BCUT2D eigenvalue weighted by atomic mass is 19.1. The molecule has 1 fully saturated rings. The molecule has 0 spiro atoms. The number of halogens is 1. The quantitative estimate of drug-likeness (QED) is 0.805. The maximum absolute atomic E-state index is 13.3. The van der Waals surface area contributed by atoms with E-state index in [1.807, 2.05) is 0 Å². The molecule has 1 unspecified atom stereocenters. The van der Waals surface area contributed by atoms with Gasteiger partial charge in [-0.05, 0) is 19.1 Å². The molecule has 1 saturated heterocycles. The highest BCUT2D eigenvalue weighted by Crippen LogP contribution is 2.20. The predicted octanol–water partition coefficient (Wildman–Crippen LogP) is 1.26. The van der Waals surface area contributed by atoms with E-state index in [0.29, 0.717) is 5.65 Å². The van der Waals surface area contributed by atoms with E-state index >= 15 is 0 Å². The average molecular weight is 250 g/mol. The van der Waals surface area contributed by atoms with Crippen LogP contribution < -0.4 is 0 Å². The molecular formula is C12H15FN4O. The number of rotatable bonds is 2. The molecule has 6 heteroatoms. The van der Waals surface area contributed by atoms with Crippen LogP contribution in [0.25, 0.3) is 5.65 Å². The van der Waals surface area contributed by atoms with Crippen LogP contribution in [-0.2, 0) is 4.74 Å². The first-order valence-corrected chi connectivity index (χ1v) is 6.07. The molecule has 1 atom stereocenters. The van der Waals surface area contributed by atoms with E-state index in [-0.39, 0.29) is 11.9 Å². The van der Waals surface area contributed by atoms with Gasteiger partial charge in [0.2, 0.25) is 0 Å². The van der Waals surface area contributed by atoms with Crippen LogP contribution >= 0.6 is 0 Å². The van der Waals surface area contributed by atoms with E-state index in [4.69, 9.17) is 4.74 Å². The number of aromatic nitrogens is 3. The van der Waals surface area contributed by atoms with Crippen LogP contribution in [0.3, 0.4) is 0 Å². The van der Waals surface area contributed by atoms with Crippen molar-refractivity contribution in [2.75, 3.05) is 26.3 Å². The first-order chi connectivity index (χ1) is 8.75. The van der Waals surface area contributed by atoms with Gasteiger partial charge in [-0.2, -0.15) is 0 Å². The molecule has 18 heavy (non-hydrogen) atoms. The lowest BCUT2D eigenvalue weighted by Crippen LogP contribution is -2.38. The Labute approximate surface area is 104 Å². The van der Waals surface area contributed by atoms with E-state index in [2.05, 4.69) is 22.0 Å². The second kappa shape index (κ2) is 4.62. The molecular weight excluding hydrogens is 235 g/mol. The number of fused-ring (bicyclic) bond motifs is 1. The van der Waals surface area contributed by atoms with Crippen molar-refractivity contribution >= 4 is 5.65 Å². The Bertz CT molecular complexity index is 550. The van der Waals surface area contributed by atoms with Gasteiger partial charge in [0.05, 0.1) is 19.3 Å². The minimum atomic E-state index is -0.280. The average Bonchev–Trinajstić information content (AvgIpc) is 2.82. The number of nitrogens with zero attached hydrogens (tertiary/aromatic N) is 4. The van der Waals surface area contributed by atoms with E-state index in [1.165, 1.54) is 12.3 Å². The van der Waals surface area contributed by atoms with Gasteiger partial charge in [-0.1, -0.05) is 0 Å². The Morgan fingerprint density at radius 2 is 2.06 bits per heavy atom. The number of hydrogen-bond acceptors (Lipinski definition) is 4. The van der Waals surface area contributed by atoms with Crippen molar-refractivity contribution in [3.8, 4) is 0 Å². The Hall–Kier alpha value is -1.53. The van der Waals surface area contributed by atoms with Crippen molar-refractivity contribution in [3.63, 3.8) is 0 Å². The lowest BCUT2D eigenvalue weighted by atomic mass is 10.2. The van der Waals surface area contributed by atoms with E-state index in [0.717, 1.165) is 32.1 Å². The minimum absolute atomic E-state index is 0.102. The maximum Gasteiger partial charge on any atom is 0.160 e. The van der Waals surface area contributed by atoms with Gasteiger partial charge in [0.15, 0.2) is 11.5 Å². The standard InChI is InChI=1S/C12H15FN4O/c1-9(16-4-6-18-7-5-16)12-15-14-11-3-2-10(13)8-17(11)12/h2-3,8-9H,4-7H2,1H3. The highest BCUT2D eigenvalue weighted by Gasteiger charge is 2.22. The lowest BCUT2D eigenvalue weighted by Gasteiger charge is -2.31. The largest absolute Gasteiger partial charge is 0.379 e. The van der Waals surface area contributed by atoms with Crippen molar-refractivity contribution in [1.82, 2.24) is 19.5 Å². The summed E-state index contributed by atoms with van der Waals surface area (Å²) in [6, 6.07) is 3.14. The fraction of sp³-hybridized carbons (Fsp3) is 0.500. The molecule has 1 aliphatic rings. The third kappa shape index (κ3) is 1.97. The summed E-state index contributed by atoms with van der Waals surface area (Å²) < 4.78 is 20.3. The molecule has 1 aliphatic heterocycles. The van der Waals surface area contributed by atoms with Gasteiger partial charge in [0.25, 0.3) is 0 Å². The van der Waals surface area contributed by atoms with Crippen LogP contribution in [-0.4, -0.2) is 45.8 Å². The Balaban J connectivity index is 1.95. The zero-order valence-electron chi connectivity index (χ0n) is 10.2. The highest BCUT2D eigenvalue weighted by molar-refractivity contribution is 5.37. The molecule has 5 nitrogen and oxygen atoms in total. The molecule has 0 saturated carbocycles. The van der Waals surface area contributed by atoms with Crippen molar-refractivity contribution in [2.24, 2.45) is 0 Å². The Morgan fingerprint density at radius 1 is 1.28 bits per heavy atom. The maximum atomic E-state index is 13.3. The Kier molecular flexibility index (Phi) is 2.97. The third-order valence-corrected chi connectivity index (χ3v) is 3.36. The molecule has 3 heterocycles. The zero-order chi connectivity index (χ0) is 12.5. The fourth-order valence-electron chi connectivity index (χ4n) is 2.30. The van der Waals surface area contributed by atoms with Crippen molar-refractivity contribution in [3.05, 3.63) is 30.0 Å². The van der Waals surface area contributed by atoms with Gasteiger partial charge in [-0.3, -0.25) is 9.30 Å². The summed E-state index contributed by atoms with van der Waals surface area (Å²) in [7, 11) is 0. The monoisotopic (exact) mass is 250 g/mol. The molecule has 0 N–H and O–H groups in total. The molecule has 2 aromatic rings. The number of morpholine rings is 1. The van der Waals surface area contributed by atoms with Gasteiger partial charge < -0.3 is 4.74 Å². The number of ether oxygens (including phenoxy) is 1. The first kappa shape index (κ1) is 11.6. The normalized spacial score (nSPS) is 19.2. The van der Waals surface area contributed by atoms with Crippen LogP contribution in [0, 0.1) is 5.82 Å². The number of pyridine rings is 1. The summed E-state index contributed by atoms with van der Waals surface area (Å²) >= 11 is 0. The van der Waals surface area contributed by atoms with Gasteiger partial charge in [0.1, 0.15) is 5.82 Å². The van der Waals surface area contributed by atoms with E-state index in [9.17, 15) is 4.39 Å². The topological polar surface area (TPSA) is 42.7 Å². The molecule has 96 valence electrons. The molecule has 0 amide bonds. The summed E-state index contributed by atoms with van der Waals surface area (Å²) in [6.07, 6.45) is 1.43. The Morgan fingerprint density at radius 3 is 2.83 bits per heavy atom. The summed E-state index contributed by atoms with van der Waals surface area (Å²) in [4.78, 5) is 2.27. The molecule has 0 radical (unpaired) electrons. The van der Waals surface area contributed by atoms with Crippen LogP contribution in [0.4, 0.5) is 4.39 Å². The lowest BCUT2D eigenvalue weighted by molar-refractivity contribution is 0.0180. The zero-order valence-corrected chi connectivity index (χ0v) is 10.2. The van der Waals surface area contributed by atoms with Gasteiger partial charge >= 0.3 is 0 Å². The number of hydrogen-bond donors (Lipinski definition) is 0. The molecule has 3 rings (SSSR count). The molecule has 0 aromatic carbocycles. The summed E-state index contributed by atoms with van der Waals surface area (Å²) in [5.74, 6) is 0.490. The second-order valence-corrected chi connectivity index (χ2v) is 4.46. The van der Waals surface area contributed by atoms with E-state index in [1.54, 1.807) is 10.5 Å². The van der Waals surface area contributed by atoms with Gasteiger partial charge in [0, 0.05) is 19.3 Å². The second-order valence-electron chi connectivity index (χ2n) is 4.46. The van der Waals surface area contributed by atoms with Gasteiger partial charge in [-0.15, -0.1) is 10.2 Å². The summed E-state index contributed by atoms with van der Waals surface area (Å²) in [5.41, 5.74) is 0.673. The summed E-state index contributed by atoms with van der Waals surface area (Å²) in [6.45, 7) is 5.26. The summed E-state index contributed by atoms with van der Waals surface area (Å²) in [5, 5.41) is 8.24. The molecule has 2 aromatic heterocycles. The molecule has 0 bridgehead atoms. The first-order valence-electron chi connectivity index (χ1n) is 6.07. The van der Waals surface area contributed by atoms with Crippen LogP contribution in [0.1, 0.15) is 18.8 Å². The smallest absolute Gasteiger partial charge is 0.160 e. The predicted molar refractivity (Wildman–Crippen MR) is 63.8 cm³/mol. The SMILES string of the molecule is CC(c1nnc2ccc(F)cn12)N1CCOCC1. The fourth-order valence-corrected chi connectivity index (χ4v) is 2.30. The third-order valence-electron chi connectivity index (χ3n) is 3.36. The van der Waals surface area contributed by atoms with Crippen LogP contribution in [0.15, 0.2) is 18.3 Å². The molecule has 0 aliphatic carbocycles. The van der Waals surface area contributed by atoms with Crippen LogP contribution in [0.5, 0.6) is 0 Å².